The molecule has 1 aliphatic heterocycles. The maximum absolute atomic E-state index is 13.5. The zero-order valence-electron chi connectivity index (χ0n) is 21.2. The first-order valence-electron chi connectivity index (χ1n) is 12.5. The summed E-state index contributed by atoms with van der Waals surface area (Å²) >= 11 is 0. The Hall–Kier alpha value is -3.96. The molecule has 3 aromatic heterocycles. The zero-order chi connectivity index (χ0) is 26.2. The molecule has 4 heterocycles. The number of fused-ring (bicyclic) bond motifs is 3. The monoisotopic (exact) mass is 519 g/mol. The highest BCUT2D eigenvalue weighted by atomic mass is 19.2. The average molecular weight is 520 g/mol. The van der Waals surface area contributed by atoms with E-state index in [1.54, 1.807) is 19.5 Å². The van der Waals surface area contributed by atoms with Gasteiger partial charge in [0.05, 0.1) is 5.52 Å². The van der Waals surface area contributed by atoms with Crippen LogP contribution in [0.15, 0.2) is 47.2 Å². The number of ether oxygens (including phenoxy) is 1. The summed E-state index contributed by atoms with van der Waals surface area (Å²) in [7, 11) is 3.60. The fraction of sp³-hybridized carbons (Fsp3) is 0.333. The molecule has 0 atom stereocenters. The van der Waals surface area contributed by atoms with Gasteiger partial charge in [0.2, 0.25) is 5.82 Å². The summed E-state index contributed by atoms with van der Waals surface area (Å²) in [6.45, 7) is 4.31. The molecule has 11 heteroatoms. The van der Waals surface area contributed by atoms with Crippen LogP contribution in [0.25, 0.3) is 33.3 Å². The number of halogens is 2. The molecule has 0 amide bonds. The van der Waals surface area contributed by atoms with Gasteiger partial charge in [-0.15, -0.1) is 0 Å². The van der Waals surface area contributed by atoms with Gasteiger partial charge in [-0.2, -0.15) is 4.98 Å². The first-order valence-corrected chi connectivity index (χ1v) is 12.5. The highest BCUT2D eigenvalue weighted by Crippen LogP contribution is 2.37. The number of rotatable bonds is 7. The number of piperazine rings is 1. The van der Waals surface area contributed by atoms with Gasteiger partial charge in [-0.05, 0) is 30.2 Å². The first-order chi connectivity index (χ1) is 18.5. The van der Waals surface area contributed by atoms with Crippen molar-refractivity contribution in [2.75, 3.05) is 44.7 Å². The summed E-state index contributed by atoms with van der Waals surface area (Å²) < 4.78 is 39.4. The van der Waals surface area contributed by atoms with Crippen LogP contribution in [0.4, 0.5) is 14.6 Å². The van der Waals surface area contributed by atoms with E-state index < -0.39 is 11.6 Å². The Morgan fingerprint density at radius 2 is 1.87 bits per heavy atom. The molecule has 0 bridgehead atoms. The maximum Gasteiger partial charge on any atom is 0.252 e. The average Bonchev–Trinajstić information content (AvgIpc) is 3.53. The Kier molecular flexibility index (Phi) is 6.46. The summed E-state index contributed by atoms with van der Waals surface area (Å²) in [6.07, 6.45) is 2.28. The number of aromatic nitrogens is 5. The van der Waals surface area contributed by atoms with Crippen molar-refractivity contribution in [3.05, 3.63) is 65.8 Å². The van der Waals surface area contributed by atoms with Crippen molar-refractivity contribution in [3.8, 4) is 11.4 Å². The largest absolute Gasteiger partial charge is 0.375 e. The Morgan fingerprint density at radius 3 is 2.66 bits per heavy atom. The minimum atomic E-state index is -0.813. The molecular weight excluding hydrogens is 492 g/mol. The van der Waals surface area contributed by atoms with Gasteiger partial charge in [0.1, 0.15) is 24.0 Å². The van der Waals surface area contributed by atoms with Crippen LogP contribution >= 0.6 is 0 Å². The first kappa shape index (κ1) is 24.4. The van der Waals surface area contributed by atoms with Crippen molar-refractivity contribution >= 4 is 27.8 Å². The zero-order valence-corrected chi connectivity index (χ0v) is 21.2. The van der Waals surface area contributed by atoms with E-state index in [9.17, 15) is 8.78 Å². The molecule has 1 fully saturated rings. The lowest BCUT2D eigenvalue weighted by atomic mass is 10.1. The molecule has 1 saturated heterocycles. The number of hydrogen-bond donors (Lipinski definition) is 0. The second kappa shape index (κ2) is 10.1. The van der Waals surface area contributed by atoms with Crippen LogP contribution in [0.2, 0.25) is 0 Å². The summed E-state index contributed by atoms with van der Waals surface area (Å²) in [4.78, 5) is 18.5. The van der Waals surface area contributed by atoms with Crippen molar-refractivity contribution in [2.24, 2.45) is 7.05 Å². The van der Waals surface area contributed by atoms with Crippen LogP contribution in [-0.4, -0.2) is 69.4 Å². The van der Waals surface area contributed by atoms with Gasteiger partial charge in [0, 0.05) is 57.8 Å². The molecule has 5 aromatic rings. The lowest BCUT2D eigenvalue weighted by Gasteiger charge is -2.35. The lowest BCUT2D eigenvalue weighted by molar-refractivity contribution is 0.151. The molecule has 0 N–H and O–H groups in total. The molecule has 38 heavy (non-hydrogen) atoms. The molecule has 0 radical (unpaired) electrons. The van der Waals surface area contributed by atoms with E-state index in [2.05, 4.69) is 40.5 Å². The smallest absolute Gasteiger partial charge is 0.252 e. The fourth-order valence-corrected chi connectivity index (χ4v) is 5.18. The molecule has 6 rings (SSSR count). The number of aryl methyl sites for hydroxylation is 1. The summed E-state index contributed by atoms with van der Waals surface area (Å²) in [5.74, 6) is 0.177. The van der Waals surface area contributed by atoms with Crippen LogP contribution in [-0.2, 0) is 24.8 Å². The topological polar surface area (TPSA) is 85.3 Å². The number of hydrogen-bond acceptors (Lipinski definition) is 8. The van der Waals surface area contributed by atoms with E-state index in [1.165, 1.54) is 12.1 Å². The number of anilines is 1. The van der Waals surface area contributed by atoms with Gasteiger partial charge in [0.15, 0.2) is 17.5 Å². The maximum atomic E-state index is 13.5. The quantitative estimate of drug-likeness (QED) is 0.320. The number of nitrogens with zero attached hydrogens (tertiary/aromatic N) is 7. The van der Waals surface area contributed by atoms with Gasteiger partial charge in [-0.1, -0.05) is 23.4 Å². The highest BCUT2D eigenvalue weighted by molar-refractivity contribution is 6.14. The molecule has 0 spiro atoms. The standard InChI is InChI=1S/C27H27F2N7O2/c1-34-21-5-3-4-18(26-32-22(15-37-2)38-33-26)23(21)24-25(34)27(31-16-30-24)36-12-10-35(11-13-36)9-8-17-6-7-19(28)20(29)14-17/h3-7,14,16H,8-13,15H2,1-2H3. The SMILES string of the molecule is COCc1nc(-c2cccc3c2c2ncnc(N4CCN(CCc5ccc(F)c(F)c5)CC4)c2n3C)no1. The minimum absolute atomic E-state index is 0.248. The predicted octanol–water partition coefficient (Wildman–Crippen LogP) is 3.96. The molecule has 1 aliphatic rings. The molecule has 196 valence electrons. The van der Waals surface area contributed by atoms with Gasteiger partial charge in [0.25, 0.3) is 5.89 Å². The highest BCUT2D eigenvalue weighted by Gasteiger charge is 2.25. The van der Waals surface area contributed by atoms with E-state index in [0.717, 1.165) is 71.6 Å². The van der Waals surface area contributed by atoms with Crippen LogP contribution in [0.3, 0.4) is 0 Å². The third-order valence-corrected chi connectivity index (χ3v) is 7.13. The molecule has 2 aromatic carbocycles. The van der Waals surface area contributed by atoms with Gasteiger partial charge in [-0.25, -0.2) is 18.7 Å². The molecular formula is C27H27F2N7O2. The van der Waals surface area contributed by atoms with Crippen molar-refractivity contribution in [1.82, 2.24) is 29.6 Å². The molecule has 9 nitrogen and oxygen atoms in total. The van der Waals surface area contributed by atoms with Crippen molar-refractivity contribution in [1.29, 1.82) is 0 Å². The van der Waals surface area contributed by atoms with E-state index in [4.69, 9.17) is 9.26 Å². The number of benzene rings is 2. The second-order valence-electron chi connectivity index (χ2n) is 9.43. The van der Waals surface area contributed by atoms with Gasteiger partial charge < -0.3 is 18.7 Å². The Balaban J connectivity index is 1.25. The molecule has 0 saturated carbocycles. The van der Waals surface area contributed by atoms with Crippen molar-refractivity contribution in [2.45, 2.75) is 13.0 Å². The lowest BCUT2D eigenvalue weighted by Crippen LogP contribution is -2.47. The van der Waals surface area contributed by atoms with Gasteiger partial charge in [-0.3, -0.25) is 4.90 Å². The molecule has 0 unspecified atom stereocenters. The minimum Gasteiger partial charge on any atom is -0.375 e. The third kappa shape index (κ3) is 4.37. The third-order valence-electron chi connectivity index (χ3n) is 7.13. The summed E-state index contributed by atoms with van der Waals surface area (Å²) in [5.41, 5.74) is 4.42. The van der Waals surface area contributed by atoms with Crippen LogP contribution in [0.1, 0.15) is 11.5 Å². The Morgan fingerprint density at radius 1 is 1.03 bits per heavy atom. The van der Waals surface area contributed by atoms with E-state index >= 15 is 0 Å². The van der Waals surface area contributed by atoms with Gasteiger partial charge >= 0.3 is 0 Å². The van der Waals surface area contributed by atoms with E-state index in [0.29, 0.717) is 18.1 Å². The Labute approximate surface area is 217 Å². The fourth-order valence-electron chi connectivity index (χ4n) is 5.18. The normalized spacial score (nSPS) is 14.7. The van der Waals surface area contributed by atoms with Crippen molar-refractivity contribution < 1.29 is 18.0 Å². The Bertz CT molecular complexity index is 1610. The van der Waals surface area contributed by atoms with E-state index in [-0.39, 0.29) is 6.61 Å². The summed E-state index contributed by atoms with van der Waals surface area (Å²) in [5, 5.41) is 5.11. The van der Waals surface area contributed by atoms with E-state index in [1.807, 2.05) is 19.2 Å². The predicted molar refractivity (Wildman–Crippen MR) is 139 cm³/mol. The van der Waals surface area contributed by atoms with Crippen LogP contribution in [0, 0.1) is 11.6 Å². The van der Waals surface area contributed by atoms with Crippen LogP contribution < -0.4 is 4.90 Å². The van der Waals surface area contributed by atoms with Crippen molar-refractivity contribution in [3.63, 3.8) is 0 Å². The summed E-state index contributed by atoms with van der Waals surface area (Å²) in [6, 6.07) is 10.1. The molecule has 0 aliphatic carbocycles. The number of methoxy groups -OCH3 is 1. The second-order valence-corrected chi connectivity index (χ2v) is 9.43. The van der Waals surface area contributed by atoms with Crippen LogP contribution in [0.5, 0.6) is 0 Å².